The summed E-state index contributed by atoms with van der Waals surface area (Å²) in [6.07, 6.45) is 0. The molecular formula is C48H45Cl5N8O8. The topological polar surface area (TPSA) is 218 Å². The van der Waals surface area contributed by atoms with Crippen molar-refractivity contribution in [3.05, 3.63) is 129 Å². The number of nitrogens with zero attached hydrogens (tertiary/aromatic N) is 4. The third-order valence-electron chi connectivity index (χ3n) is 10.1. The molecule has 69 heavy (non-hydrogen) atoms. The number of benzene rings is 5. The summed E-state index contributed by atoms with van der Waals surface area (Å²) < 4.78 is 11.0. The molecule has 4 N–H and O–H groups in total. The Labute approximate surface area is 422 Å². The van der Waals surface area contributed by atoms with Crippen LogP contribution in [0.5, 0.6) is 11.5 Å². The van der Waals surface area contributed by atoms with E-state index in [4.69, 9.17) is 67.5 Å². The van der Waals surface area contributed by atoms with Gasteiger partial charge in [0.25, 0.3) is 23.6 Å². The Morgan fingerprint density at radius 2 is 0.928 bits per heavy atom. The Bertz CT molecular complexity index is 2860. The summed E-state index contributed by atoms with van der Waals surface area (Å²) in [6.45, 7) is 7.44. The number of hydrogen-bond donors (Lipinski definition) is 4. The van der Waals surface area contributed by atoms with Gasteiger partial charge in [-0.15, -0.1) is 34.8 Å². The Kier molecular flexibility index (Phi) is 18.8. The molecule has 0 bridgehead atoms. The van der Waals surface area contributed by atoms with E-state index in [2.05, 4.69) is 41.7 Å². The van der Waals surface area contributed by atoms with Gasteiger partial charge < -0.3 is 30.7 Å². The Morgan fingerprint density at radius 1 is 0.507 bits per heavy atom. The van der Waals surface area contributed by atoms with Crippen molar-refractivity contribution in [1.82, 2.24) is 0 Å². The standard InChI is InChI=1S/C48H45Cl5N8O8/c1-23(49)31-10-8-12-37(43(31)68-6)56-45(64)28-14-17-34(52)39(20-28)58-60-41(26(4)62)47(66)54-30-16-19-36(33(22-30)25(3)51)55-48(67)42(27(5)63)61-59-40-21-29(15-18-35(40)53)46(65)57-38-13-9-11-32(24(2)50)44(38)69-7/h8-25,41-42H,1-7H3,(H,54,66)(H,55,67)(H,56,64)(H,57,65). The molecule has 21 heteroatoms. The van der Waals surface area contributed by atoms with E-state index in [1.54, 1.807) is 57.2 Å². The summed E-state index contributed by atoms with van der Waals surface area (Å²) >= 11 is 31.9. The molecule has 4 amide bonds. The maximum Gasteiger partial charge on any atom is 0.258 e. The minimum atomic E-state index is -1.66. The van der Waals surface area contributed by atoms with E-state index in [0.717, 1.165) is 13.8 Å². The van der Waals surface area contributed by atoms with E-state index in [0.29, 0.717) is 39.6 Å². The lowest BCUT2D eigenvalue weighted by Crippen LogP contribution is -2.32. The number of hydrogen-bond acceptors (Lipinski definition) is 12. The summed E-state index contributed by atoms with van der Waals surface area (Å²) in [5.74, 6) is -3.37. The van der Waals surface area contributed by atoms with Crippen LogP contribution in [0, 0.1) is 0 Å². The van der Waals surface area contributed by atoms with Gasteiger partial charge in [-0.05, 0) is 107 Å². The van der Waals surface area contributed by atoms with Gasteiger partial charge in [0, 0.05) is 33.6 Å². The number of anilines is 4. The smallest absolute Gasteiger partial charge is 0.258 e. The molecule has 5 atom stereocenters. The number of ether oxygens (including phenoxy) is 2. The molecule has 0 radical (unpaired) electrons. The second-order valence-electron chi connectivity index (χ2n) is 15.2. The number of para-hydroxylation sites is 2. The lowest BCUT2D eigenvalue weighted by Gasteiger charge is -2.17. The van der Waals surface area contributed by atoms with Crippen molar-refractivity contribution in [3.8, 4) is 11.5 Å². The molecule has 5 aromatic carbocycles. The Hall–Kier alpha value is -6.43. The largest absolute Gasteiger partial charge is 0.494 e. The molecule has 0 saturated carbocycles. The fraction of sp³-hybridized carbons (Fsp3) is 0.250. The zero-order valence-electron chi connectivity index (χ0n) is 38.0. The van der Waals surface area contributed by atoms with Crippen molar-refractivity contribution < 1.29 is 38.2 Å². The molecule has 0 spiro atoms. The van der Waals surface area contributed by atoms with Gasteiger partial charge in [-0.2, -0.15) is 20.5 Å². The van der Waals surface area contributed by atoms with Crippen LogP contribution in [-0.4, -0.2) is 61.5 Å². The van der Waals surface area contributed by atoms with Crippen molar-refractivity contribution in [2.75, 3.05) is 35.5 Å². The Balaban J connectivity index is 1.29. The molecule has 0 aliphatic heterocycles. The highest BCUT2D eigenvalue weighted by Crippen LogP contribution is 2.38. The minimum Gasteiger partial charge on any atom is -0.494 e. The molecule has 0 saturated heterocycles. The number of azo groups is 2. The van der Waals surface area contributed by atoms with Crippen molar-refractivity contribution >= 4 is 127 Å². The second kappa shape index (κ2) is 24.2. The van der Waals surface area contributed by atoms with Crippen LogP contribution in [0.2, 0.25) is 10.0 Å². The predicted molar refractivity (Wildman–Crippen MR) is 269 cm³/mol. The first kappa shape index (κ1) is 53.5. The maximum absolute atomic E-state index is 13.6. The highest BCUT2D eigenvalue weighted by atomic mass is 35.5. The maximum atomic E-state index is 13.6. The minimum absolute atomic E-state index is 0.000873. The molecule has 0 aliphatic rings. The van der Waals surface area contributed by atoms with Crippen LogP contribution in [0.25, 0.3) is 0 Å². The number of halogens is 5. The van der Waals surface area contributed by atoms with Gasteiger partial charge in [-0.25, -0.2) is 0 Å². The first-order chi connectivity index (χ1) is 32.7. The van der Waals surface area contributed by atoms with E-state index in [1.807, 2.05) is 0 Å². The molecule has 0 heterocycles. The summed E-state index contributed by atoms with van der Waals surface area (Å²) in [6, 6.07) is 19.7. The van der Waals surface area contributed by atoms with E-state index in [-0.39, 0.29) is 43.9 Å². The zero-order chi connectivity index (χ0) is 50.7. The lowest BCUT2D eigenvalue weighted by atomic mass is 10.1. The first-order valence-electron chi connectivity index (χ1n) is 20.8. The summed E-state index contributed by atoms with van der Waals surface area (Å²) in [7, 11) is 2.92. The molecule has 5 rings (SSSR count). The van der Waals surface area contributed by atoms with Crippen LogP contribution in [-0.2, 0) is 19.2 Å². The van der Waals surface area contributed by atoms with Crippen LogP contribution >= 0.6 is 58.0 Å². The van der Waals surface area contributed by atoms with Crippen LogP contribution in [0.1, 0.15) is 88.2 Å². The van der Waals surface area contributed by atoms with E-state index in [9.17, 15) is 28.8 Å². The summed E-state index contributed by atoms with van der Waals surface area (Å²) in [5, 5.41) is 25.5. The average Bonchev–Trinajstić information content (AvgIpc) is 3.30. The summed E-state index contributed by atoms with van der Waals surface area (Å²) in [5.41, 5.74) is 3.01. The second-order valence-corrected chi connectivity index (χ2v) is 18.0. The third-order valence-corrected chi connectivity index (χ3v) is 11.4. The number of nitrogens with one attached hydrogen (secondary N) is 4. The van der Waals surface area contributed by atoms with Crippen molar-refractivity contribution in [2.45, 2.75) is 62.8 Å². The lowest BCUT2D eigenvalue weighted by molar-refractivity contribution is -0.127. The number of carbonyl (C=O) groups excluding carboxylic acids is 6. The molecule has 16 nitrogen and oxygen atoms in total. The van der Waals surface area contributed by atoms with Crippen LogP contribution in [0.15, 0.2) is 111 Å². The predicted octanol–water partition coefficient (Wildman–Crippen LogP) is 12.8. The molecule has 5 unspecified atom stereocenters. The summed E-state index contributed by atoms with van der Waals surface area (Å²) in [4.78, 5) is 79.1. The number of methoxy groups -OCH3 is 2. The van der Waals surface area contributed by atoms with Crippen molar-refractivity contribution in [1.29, 1.82) is 0 Å². The number of carbonyl (C=O) groups is 6. The van der Waals surface area contributed by atoms with Crippen LogP contribution in [0.4, 0.5) is 34.1 Å². The van der Waals surface area contributed by atoms with Gasteiger partial charge in [0.2, 0.25) is 12.1 Å². The fourth-order valence-corrected chi connectivity index (χ4v) is 7.45. The molecule has 0 fully saturated rings. The van der Waals surface area contributed by atoms with Crippen LogP contribution < -0.4 is 30.7 Å². The van der Waals surface area contributed by atoms with E-state index < -0.39 is 63.4 Å². The molecule has 0 aromatic heterocycles. The number of ketones is 2. The normalized spacial score (nSPS) is 13.4. The Morgan fingerprint density at radius 3 is 1.32 bits per heavy atom. The number of rotatable bonds is 19. The monoisotopic (exact) mass is 1040 g/mol. The number of Topliss-reactive ketones (excluding diaryl/α,β-unsaturated/α-hetero) is 2. The van der Waals surface area contributed by atoms with Gasteiger partial charge in [-0.1, -0.05) is 47.5 Å². The molecule has 5 aromatic rings. The van der Waals surface area contributed by atoms with Gasteiger partial charge in [0.15, 0.2) is 11.6 Å². The van der Waals surface area contributed by atoms with E-state index >= 15 is 0 Å². The van der Waals surface area contributed by atoms with Gasteiger partial charge >= 0.3 is 0 Å². The number of amides is 4. The first-order valence-corrected chi connectivity index (χ1v) is 22.9. The molecule has 0 aliphatic carbocycles. The fourth-order valence-electron chi connectivity index (χ4n) is 6.61. The van der Waals surface area contributed by atoms with Crippen molar-refractivity contribution in [2.24, 2.45) is 20.5 Å². The highest BCUT2D eigenvalue weighted by Gasteiger charge is 2.27. The van der Waals surface area contributed by atoms with E-state index in [1.165, 1.54) is 68.8 Å². The van der Waals surface area contributed by atoms with Gasteiger partial charge in [0.05, 0.1) is 51.8 Å². The third kappa shape index (κ3) is 13.6. The zero-order valence-corrected chi connectivity index (χ0v) is 41.8. The number of alkyl halides is 3. The average molecular weight is 1040 g/mol. The SMILES string of the molecule is COc1c(NC(=O)c2ccc(Cl)c(N=NC(C(C)=O)C(=O)Nc3ccc(NC(=O)C(N=Nc4cc(C(=O)Nc5cccc(C(C)Cl)c5OC)ccc4Cl)C(C)=O)c(C(C)Cl)c3)c2)cccc1C(C)Cl. The van der Waals surface area contributed by atoms with Crippen molar-refractivity contribution in [3.63, 3.8) is 0 Å². The molecule has 360 valence electrons. The van der Waals surface area contributed by atoms with Gasteiger partial charge in [-0.3, -0.25) is 28.8 Å². The van der Waals surface area contributed by atoms with Crippen LogP contribution in [0.3, 0.4) is 0 Å². The molecular weight excluding hydrogens is 994 g/mol. The quantitative estimate of drug-likeness (QED) is 0.0353. The highest BCUT2D eigenvalue weighted by molar-refractivity contribution is 6.33. The van der Waals surface area contributed by atoms with Gasteiger partial charge in [0.1, 0.15) is 22.9 Å².